The second-order valence-corrected chi connectivity index (χ2v) is 5.84. The van der Waals surface area contributed by atoms with Crippen molar-refractivity contribution in [3.05, 3.63) is 39.9 Å². The van der Waals surface area contributed by atoms with Crippen LogP contribution in [0.4, 0.5) is 5.69 Å². The number of likely N-dealkylation sites (tertiary alicyclic amines) is 1. The van der Waals surface area contributed by atoms with Gasteiger partial charge >= 0.3 is 5.97 Å². The average Bonchev–Trinajstić information content (AvgIpc) is 2.96. The molecule has 2 unspecified atom stereocenters. The van der Waals surface area contributed by atoms with E-state index in [0.717, 1.165) is 5.56 Å². The Hall–Kier alpha value is -2.64. The number of benzene rings is 1. The number of nitro benzene ring substituents is 1. The molecule has 0 spiro atoms. The van der Waals surface area contributed by atoms with Crippen LogP contribution in [0.1, 0.15) is 12.5 Å². The molecule has 130 valence electrons. The highest BCUT2D eigenvalue weighted by atomic mass is 16.6. The quantitative estimate of drug-likeness (QED) is 0.294. The fourth-order valence-electron chi connectivity index (χ4n) is 2.89. The van der Waals surface area contributed by atoms with Crippen LogP contribution in [-0.2, 0) is 16.1 Å². The van der Waals surface area contributed by atoms with Crippen LogP contribution < -0.4 is 5.32 Å². The lowest BCUT2D eigenvalue weighted by Gasteiger charge is -2.21. The van der Waals surface area contributed by atoms with Crippen molar-refractivity contribution >= 4 is 17.6 Å². The van der Waals surface area contributed by atoms with Crippen molar-refractivity contribution in [3.63, 3.8) is 0 Å². The predicted octanol–water partition coefficient (Wildman–Crippen LogP) is 1.41. The van der Waals surface area contributed by atoms with Gasteiger partial charge in [-0.25, -0.2) is 0 Å². The summed E-state index contributed by atoms with van der Waals surface area (Å²) in [5.41, 5.74) is 0.854. The Morgan fingerprint density at radius 1 is 1.50 bits per heavy atom. The van der Waals surface area contributed by atoms with Gasteiger partial charge in [-0.3, -0.25) is 19.9 Å². The van der Waals surface area contributed by atoms with Crippen molar-refractivity contribution in [1.82, 2.24) is 10.2 Å². The van der Waals surface area contributed by atoms with E-state index < -0.39 is 4.92 Å². The van der Waals surface area contributed by atoms with Crippen LogP contribution >= 0.6 is 0 Å². The first-order valence-electron chi connectivity index (χ1n) is 7.73. The second-order valence-electron chi connectivity index (χ2n) is 5.84. The van der Waals surface area contributed by atoms with E-state index in [-0.39, 0.29) is 23.5 Å². The molecule has 1 saturated heterocycles. The maximum absolute atomic E-state index is 11.8. The molecule has 0 aromatic heterocycles. The van der Waals surface area contributed by atoms with Crippen molar-refractivity contribution in [2.24, 2.45) is 16.8 Å². The summed E-state index contributed by atoms with van der Waals surface area (Å²) in [4.78, 5) is 28.4. The summed E-state index contributed by atoms with van der Waals surface area (Å²) >= 11 is 0. The van der Waals surface area contributed by atoms with Crippen LogP contribution in [0.25, 0.3) is 0 Å². The monoisotopic (exact) mass is 334 g/mol. The molecule has 1 aromatic carbocycles. The smallest absolute Gasteiger partial charge is 0.310 e. The number of ether oxygens (including phenoxy) is 1. The summed E-state index contributed by atoms with van der Waals surface area (Å²) in [6.07, 6.45) is 0. The number of nitro groups is 1. The summed E-state index contributed by atoms with van der Waals surface area (Å²) in [6.45, 7) is 3.67. The third-order valence-electron chi connectivity index (χ3n) is 4.20. The van der Waals surface area contributed by atoms with E-state index in [1.54, 1.807) is 13.1 Å². The molecule has 24 heavy (non-hydrogen) atoms. The zero-order valence-electron chi connectivity index (χ0n) is 14.1. The van der Waals surface area contributed by atoms with Gasteiger partial charge in [-0.2, -0.15) is 0 Å². The number of hydrogen-bond donors (Lipinski definition) is 1. The van der Waals surface area contributed by atoms with Crippen molar-refractivity contribution in [1.29, 1.82) is 0 Å². The second kappa shape index (κ2) is 7.76. The summed E-state index contributed by atoms with van der Waals surface area (Å²) in [5, 5.41) is 14.0. The van der Waals surface area contributed by atoms with Gasteiger partial charge in [-0.05, 0) is 11.5 Å². The van der Waals surface area contributed by atoms with E-state index >= 15 is 0 Å². The van der Waals surface area contributed by atoms with Gasteiger partial charge in [0.1, 0.15) is 0 Å². The Kier molecular flexibility index (Phi) is 5.73. The Morgan fingerprint density at radius 2 is 2.25 bits per heavy atom. The normalized spacial score (nSPS) is 20.8. The first-order valence-corrected chi connectivity index (χ1v) is 7.73. The molecule has 2 rings (SSSR count). The number of methoxy groups -OCH3 is 1. The minimum Gasteiger partial charge on any atom is -0.469 e. The highest BCUT2D eigenvalue weighted by molar-refractivity contribution is 5.82. The van der Waals surface area contributed by atoms with Crippen molar-refractivity contribution in [2.75, 3.05) is 27.2 Å². The number of carbonyl (C=O) groups is 1. The predicted molar refractivity (Wildman–Crippen MR) is 89.5 cm³/mol. The molecule has 1 fully saturated rings. The van der Waals surface area contributed by atoms with E-state index in [4.69, 9.17) is 4.74 Å². The number of hydrogen-bond acceptors (Lipinski definition) is 5. The van der Waals surface area contributed by atoms with Gasteiger partial charge in [0.2, 0.25) is 0 Å². The van der Waals surface area contributed by atoms with Crippen molar-refractivity contribution in [2.45, 2.75) is 13.5 Å². The van der Waals surface area contributed by atoms with Gasteiger partial charge < -0.3 is 15.0 Å². The van der Waals surface area contributed by atoms with E-state index in [9.17, 15) is 14.9 Å². The molecule has 1 aliphatic heterocycles. The molecule has 0 aliphatic carbocycles. The summed E-state index contributed by atoms with van der Waals surface area (Å²) in [6, 6.07) is 6.46. The highest BCUT2D eigenvalue weighted by Gasteiger charge is 2.36. The maximum atomic E-state index is 11.8. The van der Waals surface area contributed by atoms with Gasteiger partial charge in [-0.15, -0.1) is 0 Å². The average molecular weight is 334 g/mol. The van der Waals surface area contributed by atoms with Gasteiger partial charge in [0.25, 0.3) is 5.69 Å². The lowest BCUT2D eigenvalue weighted by molar-refractivity contribution is -0.384. The molecule has 0 saturated carbocycles. The molecular formula is C16H22N4O4. The van der Waals surface area contributed by atoms with Crippen LogP contribution in [0.3, 0.4) is 0 Å². The Bertz CT molecular complexity index is 647. The van der Waals surface area contributed by atoms with Gasteiger partial charge in [0.05, 0.1) is 18.0 Å². The van der Waals surface area contributed by atoms with E-state index in [1.165, 1.54) is 19.2 Å². The minimum atomic E-state index is -0.415. The first kappa shape index (κ1) is 17.7. The zero-order chi connectivity index (χ0) is 17.7. The third kappa shape index (κ3) is 4.01. The van der Waals surface area contributed by atoms with Crippen LogP contribution in [0.15, 0.2) is 29.3 Å². The van der Waals surface area contributed by atoms with Gasteiger partial charge in [0, 0.05) is 38.8 Å². The fourth-order valence-corrected chi connectivity index (χ4v) is 2.89. The number of rotatable bonds is 4. The van der Waals surface area contributed by atoms with Gasteiger partial charge in [0.15, 0.2) is 5.96 Å². The first-order chi connectivity index (χ1) is 11.5. The molecular weight excluding hydrogens is 312 g/mol. The largest absolute Gasteiger partial charge is 0.469 e. The zero-order valence-corrected chi connectivity index (χ0v) is 14.1. The number of guanidine groups is 1. The fraction of sp³-hybridized carbons (Fsp3) is 0.500. The van der Waals surface area contributed by atoms with Crippen LogP contribution in [0, 0.1) is 22.0 Å². The molecule has 0 radical (unpaired) electrons. The van der Waals surface area contributed by atoms with E-state index in [2.05, 4.69) is 10.3 Å². The summed E-state index contributed by atoms with van der Waals surface area (Å²) < 4.78 is 4.84. The lowest BCUT2D eigenvalue weighted by Crippen LogP contribution is -2.40. The number of nitrogens with zero attached hydrogens (tertiary/aromatic N) is 3. The molecule has 2 atom stereocenters. The highest BCUT2D eigenvalue weighted by Crippen LogP contribution is 2.24. The molecule has 1 N–H and O–H groups in total. The Labute approximate surface area is 140 Å². The number of aliphatic imine (C=N–C) groups is 1. The number of esters is 1. The molecule has 8 nitrogen and oxygen atoms in total. The van der Waals surface area contributed by atoms with Crippen LogP contribution in [0.5, 0.6) is 0 Å². The molecule has 8 heteroatoms. The third-order valence-corrected chi connectivity index (χ3v) is 4.20. The molecule has 1 heterocycles. The maximum Gasteiger partial charge on any atom is 0.310 e. The Balaban J connectivity index is 2.00. The standard InChI is InChI=1S/C16H22N4O4/c1-11-9-19(10-14(11)15(21)24-3)16(17-2)18-8-12-5-4-6-13(7-12)20(22)23/h4-7,11,14H,8-10H2,1-3H3,(H,17,18). The van der Waals surface area contributed by atoms with Crippen LogP contribution in [0.2, 0.25) is 0 Å². The molecule has 1 aromatic rings. The van der Waals surface area contributed by atoms with E-state index in [1.807, 2.05) is 17.9 Å². The lowest BCUT2D eigenvalue weighted by atomic mass is 9.99. The number of nitrogens with one attached hydrogen (secondary N) is 1. The summed E-state index contributed by atoms with van der Waals surface area (Å²) in [7, 11) is 3.07. The molecule has 1 aliphatic rings. The molecule has 0 amide bonds. The van der Waals surface area contributed by atoms with E-state index in [0.29, 0.717) is 25.6 Å². The molecule has 0 bridgehead atoms. The minimum absolute atomic E-state index is 0.0600. The Morgan fingerprint density at radius 3 is 2.88 bits per heavy atom. The summed E-state index contributed by atoms with van der Waals surface area (Å²) in [5.74, 6) is 0.457. The topological polar surface area (TPSA) is 97.1 Å². The number of carbonyl (C=O) groups excluding carboxylic acids is 1. The SMILES string of the molecule is CN=C(NCc1cccc([N+](=O)[O-])c1)N1CC(C)C(C(=O)OC)C1. The van der Waals surface area contributed by atoms with Crippen LogP contribution in [-0.4, -0.2) is 49.0 Å². The number of non-ortho nitro benzene ring substituents is 1. The van der Waals surface area contributed by atoms with Crippen molar-refractivity contribution < 1.29 is 14.5 Å². The van der Waals surface area contributed by atoms with Gasteiger partial charge in [-0.1, -0.05) is 19.1 Å². The van der Waals surface area contributed by atoms with Crippen molar-refractivity contribution in [3.8, 4) is 0 Å².